The lowest BCUT2D eigenvalue weighted by Crippen LogP contribution is -2.14. The molecule has 0 aromatic heterocycles. The van der Waals surface area contributed by atoms with Crippen molar-refractivity contribution >= 4 is 41.2 Å². The Morgan fingerprint density at radius 2 is 2.21 bits per heavy atom. The molecule has 1 aromatic carbocycles. The standard InChI is InChI=1S/C13H17IO4S/c1-8(4-5-18-12(16)7-19)13(17)10-6-9(14)2-3-11(10)15/h2-3,6,8,13,15,17,19H,4-5,7H2,1H3/t8-,13+/m0/s1. The van der Waals surface area contributed by atoms with Crippen LogP contribution in [0.1, 0.15) is 25.0 Å². The van der Waals surface area contributed by atoms with Gasteiger partial charge in [-0.2, -0.15) is 12.6 Å². The van der Waals surface area contributed by atoms with Crippen LogP contribution in [0.15, 0.2) is 18.2 Å². The smallest absolute Gasteiger partial charge is 0.315 e. The molecule has 2 N–H and O–H groups in total. The van der Waals surface area contributed by atoms with E-state index in [0.717, 1.165) is 3.57 Å². The van der Waals surface area contributed by atoms with Crippen molar-refractivity contribution in [3.63, 3.8) is 0 Å². The number of carbonyl (C=O) groups excluding carboxylic acids is 1. The maximum atomic E-state index is 10.9. The van der Waals surface area contributed by atoms with Crippen molar-refractivity contribution in [3.05, 3.63) is 27.3 Å². The minimum absolute atomic E-state index is 0.0502. The number of hydrogen-bond acceptors (Lipinski definition) is 5. The van der Waals surface area contributed by atoms with Crippen molar-refractivity contribution in [1.82, 2.24) is 0 Å². The SMILES string of the molecule is C[C@@H](CCOC(=O)CS)[C@@H](O)c1cc(I)ccc1O. The molecule has 0 spiro atoms. The number of thiol groups is 1. The summed E-state index contributed by atoms with van der Waals surface area (Å²) in [6, 6.07) is 5.08. The fourth-order valence-corrected chi connectivity index (χ4v) is 2.24. The zero-order chi connectivity index (χ0) is 14.4. The first-order valence-corrected chi connectivity index (χ1v) is 7.59. The van der Waals surface area contributed by atoms with Gasteiger partial charge >= 0.3 is 5.97 Å². The van der Waals surface area contributed by atoms with Gasteiger partial charge in [0.05, 0.1) is 18.5 Å². The first kappa shape index (κ1) is 16.6. The summed E-state index contributed by atoms with van der Waals surface area (Å²) in [6.45, 7) is 2.08. The van der Waals surface area contributed by atoms with E-state index in [2.05, 4.69) is 35.2 Å². The van der Waals surface area contributed by atoms with E-state index in [1.807, 2.05) is 6.92 Å². The molecular formula is C13H17IO4S. The van der Waals surface area contributed by atoms with Gasteiger partial charge in [-0.3, -0.25) is 4.79 Å². The zero-order valence-electron chi connectivity index (χ0n) is 10.5. The molecule has 1 rings (SSSR count). The number of phenols is 1. The van der Waals surface area contributed by atoms with E-state index in [1.165, 1.54) is 0 Å². The van der Waals surface area contributed by atoms with Crippen LogP contribution in [0.4, 0.5) is 0 Å². The highest BCUT2D eigenvalue weighted by molar-refractivity contribution is 14.1. The molecular weight excluding hydrogens is 379 g/mol. The molecule has 0 amide bonds. The molecule has 0 fully saturated rings. The molecule has 0 saturated heterocycles. The molecule has 19 heavy (non-hydrogen) atoms. The predicted octanol–water partition coefficient (Wildman–Crippen LogP) is 2.53. The van der Waals surface area contributed by atoms with Gasteiger partial charge in [0.2, 0.25) is 0 Å². The summed E-state index contributed by atoms with van der Waals surface area (Å²) < 4.78 is 5.85. The van der Waals surface area contributed by atoms with Crippen molar-refractivity contribution < 1.29 is 19.7 Å². The predicted molar refractivity (Wildman–Crippen MR) is 84.4 cm³/mol. The van der Waals surface area contributed by atoms with Gasteiger partial charge in [0.25, 0.3) is 0 Å². The molecule has 0 bridgehead atoms. The molecule has 4 nitrogen and oxygen atoms in total. The topological polar surface area (TPSA) is 66.8 Å². The summed E-state index contributed by atoms with van der Waals surface area (Å²) in [5, 5.41) is 19.9. The average Bonchev–Trinajstić information content (AvgIpc) is 2.40. The highest BCUT2D eigenvalue weighted by Crippen LogP contribution is 2.32. The van der Waals surface area contributed by atoms with E-state index in [9.17, 15) is 15.0 Å². The summed E-state index contributed by atoms with van der Waals surface area (Å²) in [6.07, 6.45) is -0.268. The number of halogens is 1. The van der Waals surface area contributed by atoms with E-state index >= 15 is 0 Å². The minimum atomic E-state index is -0.788. The second kappa shape index (κ2) is 7.96. The Morgan fingerprint density at radius 1 is 1.53 bits per heavy atom. The summed E-state index contributed by atoms with van der Waals surface area (Å²) in [5.41, 5.74) is 0.500. The number of carbonyl (C=O) groups is 1. The Hall–Kier alpha value is -0.470. The molecule has 0 heterocycles. The van der Waals surface area contributed by atoms with Crippen molar-refractivity contribution in [2.75, 3.05) is 12.4 Å². The van der Waals surface area contributed by atoms with Crippen LogP contribution in [-0.4, -0.2) is 28.5 Å². The highest BCUT2D eigenvalue weighted by atomic mass is 127. The first-order valence-electron chi connectivity index (χ1n) is 5.88. The largest absolute Gasteiger partial charge is 0.508 e. The summed E-state index contributed by atoms with van der Waals surface area (Å²) in [4.78, 5) is 10.9. The Morgan fingerprint density at radius 3 is 2.84 bits per heavy atom. The second-order valence-corrected chi connectivity index (χ2v) is 5.85. The van der Waals surface area contributed by atoms with Gasteiger partial charge in [0, 0.05) is 9.13 Å². The fourth-order valence-electron chi connectivity index (χ4n) is 1.63. The highest BCUT2D eigenvalue weighted by Gasteiger charge is 2.20. The third-order valence-electron chi connectivity index (χ3n) is 2.81. The van der Waals surface area contributed by atoms with E-state index in [1.54, 1.807) is 18.2 Å². The number of aliphatic hydroxyl groups is 1. The van der Waals surface area contributed by atoms with Crippen molar-refractivity contribution in [2.24, 2.45) is 5.92 Å². The number of benzene rings is 1. The minimum Gasteiger partial charge on any atom is -0.508 e. The number of aliphatic hydroxyl groups excluding tert-OH is 1. The zero-order valence-corrected chi connectivity index (χ0v) is 13.6. The quantitative estimate of drug-likeness (QED) is 0.393. The Bertz CT molecular complexity index is 439. The number of phenolic OH excluding ortho intramolecular Hbond substituents is 1. The maximum absolute atomic E-state index is 10.9. The van der Waals surface area contributed by atoms with E-state index in [0.29, 0.717) is 12.0 Å². The third-order valence-corrected chi connectivity index (χ3v) is 3.74. The number of hydrogen-bond donors (Lipinski definition) is 3. The average molecular weight is 396 g/mol. The van der Waals surface area contributed by atoms with Crippen LogP contribution in [0.3, 0.4) is 0 Å². The Kier molecular flexibility index (Phi) is 6.95. The maximum Gasteiger partial charge on any atom is 0.315 e. The van der Waals surface area contributed by atoms with E-state index < -0.39 is 6.10 Å². The van der Waals surface area contributed by atoms with Crippen LogP contribution in [0.5, 0.6) is 5.75 Å². The number of rotatable bonds is 6. The Labute approximate surface area is 131 Å². The molecule has 0 aliphatic heterocycles. The Balaban J connectivity index is 2.58. The normalized spacial score (nSPS) is 13.9. The number of ether oxygens (including phenoxy) is 1. The lowest BCUT2D eigenvalue weighted by Gasteiger charge is -2.20. The van der Waals surface area contributed by atoms with Gasteiger partial charge in [-0.25, -0.2) is 0 Å². The molecule has 106 valence electrons. The van der Waals surface area contributed by atoms with E-state index in [-0.39, 0.29) is 30.0 Å². The van der Waals surface area contributed by atoms with Gasteiger partial charge in [-0.05, 0) is 53.1 Å². The number of esters is 1. The van der Waals surface area contributed by atoms with Gasteiger partial charge in [0.1, 0.15) is 5.75 Å². The van der Waals surface area contributed by atoms with Crippen molar-refractivity contribution in [1.29, 1.82) is 0 Å². The van der Waals surface area contributed by atoms with Gasteiger partial charge < -0.3 is 14.9 Å². The monoisotopic (exact) mass is 396 g/mol. The molecule has 6 heteroatoms. The van der Waals surface area contributed by atoms with Crippen LogP contribution >= 0.6 is 35.2 Å². The summed E-state index contributed by atoms with van der Waals surface area (Å²) in [7, 11) is 0. The third kappa shape index (κ3) is 5.19. The van der Waals surface area contributed by atoms with Crippen LogP contribution in [0.25, 0.3) is 0 Å². The van der Waals surface area contributed by atoms with Crippen LogP contribution in [0, 0.1) is 9.49 Å². The van der Waals surface area contributed by atoms with Crippen LogP contribution in [0.2, 0.25) is 0 Å². The second-order valence-electron chi connectivity index (χ2n) is 4.29. The molecule has 0 aliphatic rings. The molecule has 0 unspecified atom stereocenters. The van der Waals surface area contributed by atoms with Gasteiger partial charge in [0.15, 0.2) is 0 Å². The molecule has 0 saturated carbocycles. The molecule has 2 atom stereocenters. The van der Waals surface area contributed by atoms with Crippen molar-refractivity contribution in [3.8, 4) is 5.75 Å². The molecule has 0 radical (unpaired) electrons. The summed E-state index contributed by atoms with van der Waals surface area (Å²) >= 11 is 5.93. The van der Waals surface area contributed by atoms with Crippen LogP contribution in [-0.2, 0) is 9.53 Å². The van der Waals surface area contributed by atoms with Gasteiger partial charge in [-0.1, -0.05) is 6.92 Å². The van der Waals surface area contributed by atoms with Crippen LogP contribution < -0.4 is 0 Å². The van der Waals surface area contributed by atoms with E-state index in [4.69, 9.17) is 4.74 Å². The molecule has 1 aromatic rings. The lowest BCUT2D eigenvalue weighted by atomic mass is 9.94. The van der Waals surface area contributed by atoms with Gasteiger partial charge in [-0.15, -0.1) is 0 Å². The lowest BCUT2D eigenvalue weighted by molar-refractivity contribution is -0.141. The van der Waals surface area contributed by atoms with Crippen molar-refractivity contribution in [2.45, 2.75) is 19.4 Å². The fraction of sp³-hybridized carbons (Fsp3) is 0.462. The summed E-state index contributed by atoms with van der Waals surface area (Å²) in [5.74, 6) is -0.375. The first-order chi connectivity index (χ1) is 8.95. The number of aromatic hydroxyl groups is 1. The molecule has 0 aliphatic carbocycles.